The van der Waals surface area contributed by atoms with Crippen LogP contribution >= 0.6 is 0 Å². The molecule has 104 valence electrons. The van der Waals surface area contributed by atoms with Crippen molar-refractivity contribution in [3.63, 3.8) is 0 Å². The van der Waals surface area contributed by atoms with Crippen molar-refractivity contribution in [1.82, 2.24) is 9.55 Å². The molecule has 1 aromatic heterocycles. The fourth-order valence-corrected chi connectivity index (χ4v) is 2.68. The van der Waals surface area contributed by atoms with Crippen molar-refractivity contribution in [3.8, 4) is 0 Å². The van der Waals surface area contributed by atoms with Crippen LogP contribution in [0.5, 0.6) is 0 Å². The molecule has 20 heavy (non-hydrogen) atoms. The van der Waals surface area contributed by atoms with Gasteiger partial charge in [0.15, 0.2) is 0 Å². The highest BCUT2D eigenvalue weighted by Gasteiger charge is 2.28. The van der Waals surface area contributed by atoms with Gasteiger partial charge in [0.25, 0.3) is 0 Å². The Balaban J connectivity index is 1.99. The lowest BCUT2D eigenvalue weighted by atomic mass is 9.98. The minimum absolute atomic E-state index is 0.0726. The quantitative estimate of drug-likeness (QED) is 0.802. The van der Waals surface area contributed by atoms with Gasteiger partial charge in [0, 0.05) is 0 Å². The summed E-state index contributed by atoms with van der Waals surface area (Å²) in [7, 11) is 1.39. The third kappa shape index (κ3) is 2.22. The van der Waals surface area contributed by atoms with Crippen LogP contribution < -0.4 is 0 Å². The van der Waals surface area contributed by atoms with Gasteiger partial charge in [0.1, 0.15) is 5.69 Å². The molecule has 0 saturated heterocycles. The lowest BCUT2D eigenvalue weighted by Gasteiger charge is -2.19. The minimum Gasteiger partial charge on any atom is -0.464 e. The number of esters is 1. The average molecular weight is 270 g/mol. The SMILES string of the molecule is COC(=O)c1cncn1[C@H](C)c1ccccc1C1CC1. The number of imidazole rings is 1. The van der Waals surface area contributed by atoms with E-state index >= 15 is 0 Å². The standard InChI is InChI=1S/C16H18N2O2/c1-11(18-10-17-9-15(18)16(19)20-2)13-5-3-4-6-14(13)12-7-8-12/h3-6,9-12H,7-8H2,1-2H3/t11-/m1/s1. The Hall–Kier alpha value is -2.10. The van der Waals surface area contributed by atoms with Crippen molar-refractivity contribution in [2.45, 2.75) is 31.7 Å². The van der Waals surface area contributed by atoms with Crippen molar-refractivity contribution in [1.29, 1.82) is 0 Å². The van der Waals surface area contributed by atoms with Crippen molar-refractivity contribution in [2.75, 3.05) is 7.11 Å². The van der Waals surface area contributed by atoms with Crippen molar-refractivity contribution < 1.29 is 9.53 Å². The van der Waals surface area contributed by atoms with Crippen LogP contribution in [0.1, 0.15) is 53.3 Å². The zero-order valence-corrected chi connectivity index (χ0v) is 11.7. The molecule has 0 bridgehead atoms. The Labute approximate surface area is 118 Å². The van der Waals surface area contributed by atoms with Gasteiger partial charge in [-0.15, -0.1) is 0 Å². The molecule has 0 amide bonds. The highest BCUT2D eigenvalue weighted by molar-refractivity contribution is 5.87. The molecule has 3 rings (SSSR count). The molecule has 1 aliphatic rings. The lowest BCUT2D eigenvalue weighted by Crippen LogP contribution is -2.15. The molecule has 0 N–H and O–H groups in total. The smallest absolute Gasteiger partial charge is 0.356 e. The van der Waals surface area contributed by atoms with Crippen LogP contribution in [0.15, 0.2) is 36.8 Å². The van der Waals surface area contributed by atoms with Gasteiger partial charge in [-0.3, -0.25) is 0 Å². The molecule has 1 heterocycles. The maximum absolute atomic E-state index is 11.8. The van der Waals surface area contributed by atoms with E-state index < -0.39 is 0 Å². The molecule has 4 nitrogen and oxygen atoms in total. The maximum atomic E-state index is 11.8. The molecule has 1 aromatic carbocycles. The number of carbonyl (C=O) groups excluding carboxylic acids is 1. The second-order valence-corrected chi connectivity index (χ2v) is 5.26. The number of hydrogen-bond donors (Lipinski definition) is 0. The minimum atomic E-state index is -0.349. The third-order valence-electron chi connectivity index (χ3n) is 3.94. The fourth-order valence-electron chi connectivity index (χ4n) is 2.68. The summed E-state index contributed by atoms with van der Waals surface area (Å²) in [5, 5.41) is 0. The summed E-state index contributed by atoms with van der Waals surface area (Å²) in [6.07, 6.45) is 5.78. The zero-order valence-electron chi connectivity index (χ0n) is 11.7. The predicted molar refractivity (Wildman–Crippen MR) is 75.8 cm³/mol. The Morgan fingerprint density at radius 1 is 1.40 bits per heavy atom. The first kappa shape index (κ1) is 12.9. The molecule has 1 fully saturated rings. The molecule has 0 aliphatic heterocycles. The van der Waals surface area contributed by atoms with Crippen molar-refractivity contribution in [2.24, 2.45) is 0 Å². The van der Waals surface area contributed by atoms with E-state index in [9.17, 15) is 4.79 Å². The van der Waals surface area contributed by atoms with Gasteiger partial charge in [-0.1, -0.05) is 24.3 Å². The monoisotopic (exact) mass is 270 g/mol. The van der Waals surface area contributed by atoms with Crippen LogP contribution in [0.3, 0.4) is 0 Å². The number of methoxy groups -OCH3 is 1. The highest BCUT2D eigenvalue weighted by atomic mass is 16.5. The van der Waals surface area contributed by atoms with Gasteiger partial charge < -0.3 is 9.30 Å². The normalized spacial score (nSPS) is 15.9. The first-order valence-corrected chi connectivity index (χ1v) is 6.91. The molecule has 1 saturated carbocycles. The fraction of sp³-hybridized carbons (Fsp3) is 0.375. The van der Waals surface area contributed by atoms with Gasteiger partial charge in [-0.25, -0.2) is 9.78 Å². The summed E-state index contributed by atoms with van der Waals surface area (Å²) in [5.74, 6) is 0.331. The maximum Gasteiger partial charge on any atom is 0.356 e. The van der Waals surface area contributed by atoms with Gasteiger partial charge in [-0.05, 0) is 36.8 Å². The molecule has 1 atom stereocenters. The van der Waals surface area contributed by atoms with Crippen molar-refractivity contribution in [3.05, 3.63) is 53.6 Å². The van der Waals surface area contributed by atoms with E-state index in [2.05, 4.69) is 30.1 Å². The summed E-state index contributed by atoms with van der Waals surface area (Å²) >= 11 is 0. The van der Waals surface area contributed by atoms with Gasteiger partial charge in [-0.2, -0.15) is 0 Å². The summed E-state index contributed by atoms with van der Waals surface area (Å²) < 4.78 is 6.69. The lowest BCUT2D eigenvalue weighted by molar-refractivity contribution is 0.0587. The average Bonchev–Trinajstić information content (AvgIpc) is 3.22. The number of hydrogen-bond acceptors (Lipinski definition) is 3. The molecule has 0 radical (unpaired) electrons. The number of benzene rings is 1. The van der Waals surface area contributed by atoms with E-state index in [-0.39, 0.29) is 12.0 Å². The zero-order chi connectivity index (χ0) is 14.1. The van der Waals surface area contributed by atoms with Crippen LogP contribution in [-0.4, -0.2) is 22.6 Å². The topological polar surface area (TPSA) is 44.1 Å². The van der Waals surface area contributed by atoms with E-state index in [0.29, 0.717) is 11.6 Å². The molecule has 0 unspecified atom stereocenters. The van der Waals surface area contributed by atoms with E-state index in [4.69, 9.17) is 4.74 Å². The summed E-state index contributed by atoms with van der Waals surface area (Å²) in [6, 6.07) is 8.53. The third-order valence-corrected chi connectivity index (χ3v) is 3.94. The summed E-state index contributed by atoms with van der Waals surface area (Å²) in [6.45, 7) is 2.09. The first-order valence-electron chi connectivity index (χ1n) is 6.91. The molecule has 1 aliphatic carbocycles. The molecule has 4 heteroatoms. The number of rotatable bonds is 4. The van der Waals surface area contributed by atoms with Crippen molar-refractivity contribution >= 4 is 5.97 Å². The van der Waals surface area contributed by atoms with E-state index in [1.165, 1.54) is 31.1 Å². The highest BCUT2D eigenvalue weighted by Crippen LogP contribution is 2.43. The number of ether oxygens (including phenoxy) is 1. The Kier molecular flexibility index (Phi) is 3.30. The van der Waals surface area contributed by atoms with E-state index in [1.807, 2.05) is 10.6 Å². The largest absolute Gasteiger partial charge is 0.464 e. The number of aromatic nitrogens is 2. The Bertz CT molecular complexity index is 629. The van der Waals surface area contributed by atoms with E-state index in [1.54, 1.807) is 12.5 Å². The molecule has 0 spiro atoms. The van der Waals surface area contributed by atoms with Gasteiger partial charge in [0.05, 0.1) is 25.7 Å². The second kappa shape index (κ2) is 5.12. The van der Waals surface area contributed by atoms with Crippen LogP contribution in [-0.2, 0) is 4.74 Å². The van der Waals surface area contributed by atoms with Crippen LogP contribution in [0.25, 0.3) is 0 Å². The van der Waals surface area contributed by atoms with Crippen LogP contribution in [0.2, 0.25) is 0 Å². The summed E-state index contributed by atoms with van der Waals surface area (Å²) in [4.78, 5) is 15.9. The number of nitrogens with zero attached hydrogens (tertiary/aromatic N) is 2. The first-order chi connectivity index (χ1) is 9.72. The van der Waals surface area contributed by atoms with E-state index in [0.717, 1.165) is 0 Å². The second-order valence-electron chi connectivity index (χ2n) is 5.26. The van der Waals surface area contributed by atoms with Crippen LogP contribution in [0, 0.1) is 0 Å². The summed E-state index contributed by atoms with van der Waals surface area (Å²) in [5.41, 5.74) is 3.15. The molecule has 2 aromatic rings. The molecular weight excluding hydrogens is 252 g/mol. The Morgan fingerprint density at radius 3 is 2.85 bits per heavy atom. The predicted octanol–water partition coefficient (Wildman–Crippen LogP) is 3.16. The van der Waals surface area contributed by atoms with Crippen LogP contribution in [0.4, 0.5) is 0 Å². The Morgan fingerprint density at radius 2 is 2.15 bits per heavy atom. The van der Waals surface area contributed by atoms with Gasteiger partial charge >= 0.3 is 5.97 Å². The number of carbonyl (C=O) groups is 1. The molecular formula is C16H18N2O2. The van der Waals surface area contributed by atoms with Gasteiger partial charge in [0.2, 0.25) is 0 Å².